The molecule has 0 aliphatic rings. The Kier molecular flexibility index (Phi) is 6.39. The Hall–Kier alpha value is -2.91. The zero-order chi connectivity index (χ0) is 19.1. The number of fused-ring (bicyclic) bond motifs is 1. The molecule has 3 aromatic rings. The molecule has 2 aromatic carbocycles. The minimum absolute atomic E-state index is 0.168. The van der Waals surface area contributed by atoms with Gasteiger partial charge in [0, 0.05) is 18.5 Å². The third kappa shape index (κ3) is 5.05. The van der Waals surface area contributed by atoms with Crippen LogP contribution >= 0.6 is 11.3 Å². The van der Waals surface area contributed by atoms with Gasteiger partial charge < -0.3 is 10.1 Å². The summed E-state index contributed by atoms with van der Waals surface area (Å²) in [6, 6.07) is 10.5. The number of hydrogen-bond acceptors (Lipinski definition) is 4. The Morgan fingerprint density at radius 1 is 1.33 bits per heavy atom. The van der Waals surface area contributed by atoms with Crippen molar-refractivity contribution in [1.29, 1.82) is 0 Å². The first-order chi connectivity index (χ1) is 13.2. The Bertz CT molecular complexity index is 978. The van der Waals surface area contributed by atoms with Crippen molar-refractivity contribution in [3.05, 3.63) is 53.3 Å². The van der Waals surface area contributed by atoms with Gasteiger partial charge in [0.05, 0.1) is 22.3 Å². The molecule has 0 atom stereocenters. The molecule has 0 aliphatic heterocycles. The van der Waals surface area contributed by atoms with E-state index < -0.39 is 5.82 Å². The van der Waals surface area contributed by atoms with Crippen molar-refractivity contribution in [2.24, 2.45) is 0 Å². The number of aromatic nitrogens is 1. The van der Waals surface area contributed by atoms with E-state index in [1.807, 2.05) is 18.2 Å². The number of carbonyl (C=O) groups is 1. The second kappa shape index (κ2) is 9.15. The van der Waals surface area contributed by atoms with Gasteiger partial charge in [-0.15, -0.1) is 23.7 Å². The van der Waals surface area contributed by atoms with Crippen LogP contribution in [0.4, 0.5) is 10.1 Å². The monoisotopic (exact) mass is 382 g/mol. The van der Waals surface area contributed by atoms with Crippen molar-refractivity contribution in [3.8, 4) is 18.1 Å². The average molecular weight is 382 g/mol. The number of benzene rings is 2. The number of nitrogens with zero attached hydrogens (tertiary/aromatic N) is 1. The second-order valence-electron chi connectivity index (χ2n) is 5.97. The predicted molar refractivity (Wildman–Crippen MR) is 107 cm³/mol. The summed E-state index contributed by atoms with van der Waals surface area (Å²) in [6.07, 6.45) is 6.92. The van der Waals surface area contributed by atoms with Crippen LogP contribution in [0.15, 0.2) is 41.9 Å². The summed E-state index contributed by atoms with van der Waals surface area (Å²) in [5, 5.41) is 2.84. The normalized spacial score (nSPS) is 10.5. The van der Waals surface area contributed by atoms with Gasteiger partial charge >= 0.3 is 0 Å². The lowest BCUT2D eigenvalue weighted by molar-refractivity contribution is -0.116. The number of terminal acetylenes is 1. The molecule has 138 valence electrons. The minimum Gasteiger partial charge on any atom is -0.490 e. The van der Waals surface area contributed by atoms with E-state index in [0.717, 1.165) is 10.2 Å². The molecule has 0 fully saturated rings. The standard InChI is InChI=1S/C21H19FN2O2S/c1-2-3-4-12-26-18-7-5-6-15(21(18)22)8-11-20(25)24-16-9-10-17-19(13-16)27-14-23-17/h1,5-7,9-10,13-14H,3-4,8,11-12H2,(H,24,25). The van der Waals surface area contributed by atoms with E-state index in [1.54, 1.807) is 23.7 Å². The second-order valence-corrected chi connectivity index (χ2v) is 6.85. The van der Waals surface area contributed by atoms with Crippen LogP contribution in [0.2, 0.25) is 0 Å². The van der Waals surface area contributed by atoms with E-state index in [9.17, 15) is 9.18 Å². The van der Waals surface area contributed by atoms with Crippen molar-refractivity contribution >= 4 is 33.1 Å². The number of anilines is 1. The molecule has 0 saturated carbocycles. The highest BCUT2D eigenvalue weighted by Crippen LogP contribution is 2.23. The highest BCUT2D eigenvalue weighted by molar-refractivity contribution is 7.16. The fraction of sp³-hybridized carbons (Fsp3) is 0.238. The molecule has 1 N–H and O–H groups in total. The summed E-state index contributed by atoms with van der Waals surface area (Å²) < 4.78 is 20.9. The van der Waals surface area contributed by atoms with Crippen molar-refractivity contribution in [2.75, 3.05) is 11.9 Å². The van der Waals surface area contributed by atoms with E-state index in [-0.39, 0.29) is 18.1 Å². The first kappa shape index (κ1) is 18.9. The van der Waals surface area contributed by atoms with E-state index in [2.05, 4.69) is 16.2 Å². The van der Waals surface area contributed by atoms with Gasteiger partial charge in [-0.1, -0.05) is 12.1 Å². The van der Waals surface area contributed by atoms with Gasteiger partial charge in [-0.05, 0) is 42.7 Å². The number of aryl methyl sites for hydroxylation is 1. The lowest BCUT2D eigenvalue weighted by atomic mass is 10.1. The number of nitrogens with one attached hydrogen (secondary N) is 1. The van der Waals surface area contributed by atoms with Crippen LogP contribution in [0.1, 0.15) is 24.8 Å². The Labute approximate surface area is 161 Å². The maximum absolute atomic E-state index is 14.5. The van der Waals surface area contributed by atoms with Crippen LogP contribution in [0.3, 0.4) is 0 Å². The fourth-order valence-corrected chi connectivity index (χ4v) is 3.34. The molecule has 0 spiro atoms. The molecule has 27 heavy (non-hydrogen) atoms. The molecule has 1 aromatic heterocycles. The van der Waals surface area contributed by atoms with Gasteiger partial charge in [0.15, 0.2) is 11.6 Å². The van der Waals surface area contributed by atoms with Gasteiger partial charge in [0.1, 0.15) is 0 Å². The van der Waals surface area contributed by atoms with Gasteiger partial charge in [-0.25, -0.2) is 9.37 Å². The molecular formula is C21H19FN2O2S. The highest BCUT2D eigenvalue weighted by Gasteiger charge is 2.11. The van der Waals surface area contributed by atoms with Crippen molar-refractivity contribution in [1.82, 2.24) is 4.98 Å². The molecule has 3 rings (SSSR count). The molecule has 6 heteroatoms. The van der Waals surface area contributed by atoms with Crippen molar-refractivity contribution in [3.63, 3.8) is 0 Å². The van der Waals surface area contributed by atoms with Crippen molar-refractivity contribution in [2.45, 2.75) is 25.7 Å². The summed E-state index contributed by atoms with van der Waals surface area (Å²) in [5.41, 5.74) is 3.83. The molecule has 0 saturated heterocycles. The maximum Gasteiger partial charge on any atom is 0.224 e. The quantitative estimate of drug-likeness (QED) is 0.450. The number of unbranched alkanes of at least 4 members (excludes halogenated alkanes) is 1. The molecule has 0 bridgehead atoms. The van der Waals surface area contributed by atoms with Crippen LogP contribution in [-0.4, -0.2) is 17.5 Å². The molecule has 1 amide bonds. The van der Waals surface area contributed by atoms with Crippen molar-refractivity contribution < 1.29 is 13.9 Å². The van der Waals surface area contributed by atoms with Gasteiger partial charge in [-0.2, -0.15) is 0 Å². The van der Waals surface area contributed by atoms with Gasteiger partial charge in [0.25, 0.3) is 0 Å². The predicted octanol–water partition coefficient (Wildman–Crippen LogP) is 4.80. The Balaban J connectivity index is 1.55. The number of hydrogen-bond donors (Lipinski definition) is 1. The minimum atomic E-state index is -0.419. The molecule has 4 nitrogen and oxygen atoms in total. The Morgan fingerprint density at radius 2 is 2.22 bits per heavy atom. The summed E-state index contributed by atoms with van der Waals surface area (Å²) in [7, 11) is 0. The van der Waals surface area contributed by atoms with E-state index >= 15 is 0 Å². The molecular weight excluding hydrogens is 363 g/mol. The fourth-order valence-electron chi connectivity index (χ4n) is 2.62. The van der Waals surface area contributed by atoms with Crippen LogP contribution in [0, 0.1) is 18.2 Å². The van der Waals surface area contributed by atoms with Gasteiger partial charge in [-0.3, -0.25) is 4.79 Å². The number of carbonyl (C=O) groups excluding carboxylic acids is 1. The first-order valence-electron chi connectivity index (χ1n) is 8.64. The number of ether oxygens (including phenoxy) is 1. The lowest BCUT2D eigenvalue weighted by Gasteiger charge is -2.10. The smallest absolute Gasteiger partial charge is 0.224 e. The van der Waals surface area contributed by atoms with E-state index in [1.165, 1.54) is 11.3 Å². The summed E-state index contributed by atoms with van der Waals surface area (Å²) in [4.78, 5) is 16.4. The highest BCUT2D eigenvalue weighted by atomic mass is 32.1. The molecule has 0 radical (unpaired) electrons. The number of amides is 1. The first-order valence-corrected chi connectivity index (χ1v) is 9.52. The average Bonchev–Trinajstić information content (AvgIpc) is 3.13. The SMILES string of the molecule is C#CCCCOc1cccc(CCC(=O)Nc2ccc3ncsc3c2)c1F. The summed E-state index contributed by atoms with van der Waals surface area (Å²) in [6.45, 7) is 0.366. The third-order valence-corrected chi connectivity index (χ3v) is 4.79. The zero-order valence-corrected chi connectivity index (χ0v) is 15.5. The van der Waals surface area contributed by atoms with Crippen LogP contribution < -0.4 is 10.1 Å². The molecule has 1 heterocycles. The maximum atomic E-state index is 14.5. The van der Waals surface area contributed by atoms with Crippen LogP contribution in [0.5, 0.6) is 5.75 Å². The van der Waals surface area contributed by atoms with Crippen LogP contribution in [-0.2, 0) is 11.2 Å². The topological polar surface area (TPSA) is 51.2 Å². The van der Waals surface area contributed by atoms with Gasteiger partial charge in [0.2, 0.25) is 5.91 Å². The number of rotatable bonds is 8. The van der Waals surface area contributed by atoms with E-state index in [0.29, 0.717) is 37.1 Å². The largest absolute Gasteiger partial charge is 0.490 e. The number of thiazole rings is 1. The van der Waals surface area contributed by atoms with Crippen LogP contribution in [0.25, 0.3) is 10.2 Å². The lowest BCUT2D eigenvalue weighted by Crippen LogP contribution is -2.12. The zero-order valence-electron chi connectivity index (χ0n) is 14.7. The number of halogens is 1. The summed E-state index contributed by atoms with van der Waals surface area (Å²) in [5.74, 6) is 2.13. The third-order valence-electron chi connectivity index (χ3n) is 4.00. The molecule has 0 unspecified atom stereocenters. The molecule has 0 aliphatic carbocycles. The van der Waals surface area contributed by atoms with E-state index in [4.69, 9.17) is 11.2 Å². The summed E-state index contributed by atoms with van der Waals surface area (Å²) >= 11 is 1.51. The Morgan fingerprint density at radius 3 is 3.07 bits per heavy atom.